The summed E-state index contributed by atoms with van der Waals surface area (Å²) in [7, 11) is 0. The molecule has 1 atom stereocenters. The van der Waals surface area contributed by atoms with Gasteiger partial charge in [-0.3, -0.25) is 4.90 Å². The van der Waals surface area contributed by atoms with Crippen molar-refractivity contribution in [1.29, 1.82) is 0 Å². The summed E-state index contributed by atoms with van der Waals surface area (Å²) in [6.07, 6.45) is 0.252. The van der Waals surface area contributed by atoms with Crippen molar-refractivity contribution in [3.05, 3.63) is 6.92 Å². The molecule has 1 fully saturated rings. The van der Waals surface area contributed by atoms with E-state index in [-0.39, 0.29) is 6.23 Å². The topological polar surface area (TPSA) is 35.5 Å². The lowest BCUT2D eigenvalue weighted by Crippen LogP contribution is -2.48. The molecule has 0 spiro atoms. The van der Waals surface area contributed by atoms with Gasteiger partial charge in [0.1, 0.15) is 6.23 Å². The molecule has 0 saturated carbocycles. The van der Waals surface area contributed by atoms with Crippen LogP contribution in [0.25, 0.3) is 0 Å². The van der Waals surface area contributed by atoms with Crippen LogP contribution >= 0.6 is 0 Å². The molecule has 0 aliphatic carbocycles. The lowest BCUT2D eigenvalue weighted by Gasteiger charge is -2.30. The maximum absolute atomic E-state index is 9.32. The molecule has 0 bridgehead atoms. The molecule has 1 heterocycles. The van der Waals surface area contributed by atoms with E-state index in [1.165, 1.54) is 0 Å². The predicted molar refractivity (Wildman–Crippen MR) is 40.4 cm³/mol. The van der Waals surface area contributed by atoms with E-state index in [1.807, 2.05) is 4.90 Å². The summed E-state index contributed by atoms with van der Waals surface area (Å²) in [4.78, 5) is 2.05. The molecule has 59 valence electrons. The van der Waals surface area contributed by atoms with Crippen molar-refractivity contribution in [1.82, 2.24) is 10.2 Å². The zero-order valence-electron chi connectivity index (χ0n) is 6.21. The van der Waals surface area contributed by atoms with Gasteiger partial charge < -0.3 is 10.4 Å². The summed E-state index contributed by atoms with van der Waals surface area (Å²) in [5, 5.41) is 12.5. The van der Waals surface area contributed by atoms with Crippen LogP contribution < -0.4 is 5.32 Å². The van der Waals surface area contributed by atoms with Gasteiger partial charge in [-0.25, -0.2) is 0 Å². The third-order valence-electron chi connectivity index (χ3n) is 1.83. The molecule has 0 aromatic heterocycles. The van der Waals surface area contributed by atoms with E-state index in [0.717, 1.165) is 26.2 Å². The first-order valence-electron chi connectivity index (χ1n) is 3.76. The fraction of sp³-hybridized carbons (Fsp3) is 0.857. The Kier molecular flexibility index (Phi) is 3.12. The normalized spacial score (nSPS) is 24.6. The van der Waals surface area contributed by atoms with Gasteiger partial charge in [0.05, 0.1) is 0 Å². The van der Waals surface area contributed by atoms with Crippen molar-refractivity contribution >= 4 is 0 Å². The van der Waals surface area contributed by atoms with Crippen LogP contribution in [0.2, 0.25) is 0 Å². The van der Waals surface area contributed by atoms with Crippen molar-refractivity contribution in [2.75, 3.05) is 26.2 Å². The zero-order chi connectivity index (χ0) is 7.40. The van der Waals surface area contributed by atoms with Crippen LogP contribution in [0.4, 0.5) is 0 Å². The van der Waals surface area contributed by atoms with Crippen LogP contribution in [0.5, 0.6) is 0 Å². The summed E-state index contributed by atoms with van der Waals surface area (Å²) < 4.78 is 0. The van der Waals surface area contributed by atoms with E-state index in [4.69, 9.17) is 0 Å². The Balaban J connectivity index is 2.24. The van der Waals surface area contributed by atoms with Crippen LogP contribution in [0.3, 0.4) is 0 Å². The van der Waals surface area contributed by atoms with Gasteiger partial charge in [0, 0.05) is 26.2 Å². The summed E-state index contributed by atoms with van der Waals surface area (Å²) in [5.74, 6) is 0. The second-order valence-electron chi connectivity index (χ2n) is 2.56. The highest BCUT2D eigenvalue weighted by Gasteiger charge is 2.15. The highest BCUT2D eigenvalue weighted by Crippen LogP contribution is 2.00. The Morgan fingerprint density at radius 1 is 1.50 bits per heavy atom. The number of nitrogens with one attached hydrogen (secondary N) is 1. The summed E-state index contributed by atoms with van der Waals surface area (Å²) in [5.41, 5.74) is 0. The minimum atomic E-state index is -0.331. The SMILES string of the molecule is [CH2]CC(O)N1CCNCC1. The smallest absolute Gasteiger partial charge is 0.107 e. The van der Waals surface area contributed by atoms with Gasteiger partial charge in [0.2, 0.25) is 0 Å². The fourth-order valence-electron chi connectivity index (χ4n) is 1.16. The first kappa shape index (κ1) is 7.98. The molecule has 1 radical (unpaired) electrons. The Morgan fingerprint density at radius 2 is 2.10 bits per heavy atom. The number of piperazine rings is 1. The van der Waals surface area contributed by atoms with Crippen molar-refractivity contribution in [2.24, 2.45) is 0 Å². The lowest BCUT2D eigenvalue weighted by molar-refractivity contribution is -0.00126. The van der Waals surface area contributed by atoms with Crippen LogP contribution in [0.1, 0.15) is 6.42 Å². The molecule has 0 amide bonds. The van der Waals surface area contributed by atoms with Crippen molar-refractivity contribution in [2.45, 2.75) is 12.6 Å². The Bertz CT molecular complexity index is 91.6. The molecule has 1 unspecified atom stereocenters. The standard InChI is InChI=1S/C7H15N2O/c1-2-7(10)9-5-3-8-4-6-9/h7-8,10H,1-6H2. The molecule has 3 heteroatoms. The van der Waals surface area contributed by atoms with E-state index in [2.05, 4.69) is 12.2 Å². The van der Waals surface area contributed by atoms with Crippen LogP contribution in [-0.4, -0.2) is 42.4 Å². The van der Waals surface area contributed by atoms with Gasteiger partial charge in [0.15, 0.2) is 0 Å². The third-order valence-corrected chi connectivity index (χ3v) is 1.83. The van der Waals surface area contributed by atoms with Gasteiger partial charge in [-0.15, -0.1) is 0 Å². The van der Waals surface area contributed by atoms with E-state index >= 15 is 0 Å². The van der Waals surface area contributed by atoms with E-state index in [0.29, 0.717) is 6.42 Å². The second-order valence-corrected chi connectivity index (χ2v) is 2.56. The molecule has 0 aromatic rings. The number of aliphatic hydroxyl groups excluding tert-OH is 1. The number of rotatable bonds is 2. The van der Waals surface area contributed by atoms with E-state index < -0.39 is 0 Å². The van der Waals surface area contributed by atoms with Gasteiger partial charge in [-0.2, -0.15) is 0 Å². The minimum absolute atomic E-state index is 0.331. The fourth-order valence-corrected chi connectivity index (χ4v) is 1.16. The first-order chi connectivity index (χ1) is 4.84. The molecule has 1 saturated heterocycles. The van der Waals surface area contributed by atoms with Crippen molar-refractivity contribution < 1.29 is 5.11 Å². The molecule has 1 rings (SSSR count). The highest BCUT2D eigenvalue weighted by molar-refractivity contribution is 4.70. The first-order valence-corrected chi connectivity index (χ1v) is 3.76. The highest BCUT2D eigenvalue weighted by atomic mass is 16.3. The maximum Gasteiger partial charge on any atom is 0.107 e. The van der Waals surface area contributed by atoms with E-state index in [1.54, 1.807) is 0 Å². The van der Waals surface area contributed by atoms with Crippen molar-refractivity contribution in [3.8, 4) is 0 Å². The van der Waals surface area contributed by atoms with Gasteiger partial charge in [0.25, 0.3) is 0 Å². The van der Waals surface area contributed by atoms with Crippen LogP contribution in [0.15, 0.2) is 0 Å². The molecule has 3 nitrogen and oxygen atoms in total. The van der Waals surface area contributed by atoms with Gasteiger partial charge in [-0.1, -0.05) is 0 Å². The minimum Gasteiger partial charge on any atom is -0.378 e. The Morgan fingerprint density at radius 3 is 2.60 bits per heavy atom. The molecule has 1 aliphatic heterocycles. The average molecular weight is 143 g/mol. The van der Waals surface area contributed by atoms with Crippen LogP contribution in [0, 0.1) is 6.92 Å². The largest absolute Gasteiger partial charge is 0.378 e. The maximum atomic E-state index is 9.32. The summed E-state index contributed by atoms with van der Waals surface area (Å²) in [6.45, 7) is 7.50. The van der Waals surface area contributed by atoms with Gasteiger partial charge >= 0.3 is 0 Å². The molecule has 0 aromatic carbocycles. The Hall–Kier alpha value is -0.120. The molecular weight excluding hydrogens is 128 g/mol. The van der Waals surface area contributed by atoms with Crippen molar-refractivity contribution in [3.63, 3.8) is 0 Å². The third kappa shape index (κ3) is 1.94. The summed E-state index contributed by atoms with van der Waals surface area (Å²) >= 11 is 0. The monoisotopic (exact) mass is 143 g/mol. The quantitative estimate of drug-likeness (QED) is 0.543. The zero-order valence-corrected chi connectivity index (χ0v) is 6.21. The number of hydrogen-bond donors (Lipinski definition) is 2. The number of hydrogen-bond acceptors (Lipinski definition) is 3. The number of aliphatic hydroxyl groups is 1. The van der Waals surface area contributed by atoms with Gasteiger partial charge in [-0.05, 0) is 13.3 Å². The average Bonchev–Trinajstić information content (AvgIpc) is 2.05. The summed E-state index contributed by atoms with van der Waals surface area (Å²) in [6, 6.07) is 0. The molecule has 2 N–H and O–H groups in total. The van der Waals surface area contributed by atoms with Crippen LogP contribution in [-0.2, 0) is 0 Å². The lowest BCUT2D eigenvalue weighted by atomic mass is 10.3. The Labute approximate surface area is 62.0 Å². The molecule has 10 heavy (non-hydrogen) atoms. The number of nitrogens with zero attached hydrogens (tertiary/aromatic N) is 1. The second kappa shape index (κ2) is 3.91. The molecular formula is C7H15N2O. The predicted octanol–water partition coefficient (Wildman–Crippen LogP) is -0.566. The molecule has 1 aliphatic rings. The van der Waals surface area contributed by atoms with E-state index in [9.17, 15) is 5.11 Å².